The van der Waals surface area contributed by atoms with E-state index >= 15 is 0 Å². The van der Waals surface area contributed by atoms with Gasteiger partial charge in [0.25, 0.3) is 0 Å². The van der Waals surface area contributed by atoms with Crippen molar-refractivity contribution in [2.75, 3.05) is 5.73 Å². The van der Waals surface area contributed by atoms with Crippen LogP contribution in [0, 0.1) is 0 Å². The topological polar surface area (TPSA) is 127 Å². The van der Waals surface area contributed by atoms with Crippen molar-refractivity contribution >= 4 is 23.6 Å². The van der Waals surface area contributed by atoms with Crippen LogP contribution in [0.25, 0.3) is 0 Å². The first-order chi connectivity index (χ1) is 9.04. The number of anilines is 1. The number of nitrogen functional groups attached to an aromatic ring is 1. The lowest BCUT2D eigenvalue weighted by Crippen LogP contribution is -2.26. The van der Waals surface area contributed by atoms with E-state index in [1.165, 1.54) is 0 Å². The number of rotatable bonds is 3. The molecule has 20 heavy (non-hydrogen) atoms. The molecule has 0 aliphatic carbocycles. The fraction of sp³-hybridized carbons (Fsp3) is 0.308. The molecule has 0 saturated heterocycles. The first-order valence-corrected chi connectivity index (χ1v) is 5.67. The lowest BCUT2D eigenvalue weighted by Gasteiger charge is -2.21. The number of carbonyl (C=O) groups is 3. The molecule has 0 radical (unpaired) electrons. The predicted octanol–water partition coefficient (Wildman–Crippen LogP) is 1.62. The third kappa shape index (κ3) is 3.25. The number of aromatic carboxylic acids is 2. The van der Waals surface area contributed by atoms with Crippen molar-refractivity contribution in [3.05, 3.63) is 28.8 Å². The van der Waals surface area contributed by atoms with Gasteiger partial charge in [-0.05, 0) is 32.9 Å². The molecule has 0 saturated carbocycles. The highest BCUT2D eigenvalue weighted by Gasteiger charge is 2.28. The van der Waals surface area contributed by atoms with Crippen molar-refractivity contribution in [2.24, 2.45) is 0 Å². The maximum atomic E-state index is 12.0. The summed E-state index contributed by atoms with van der Waals surface area (Å²) in [5, 5.41) is 18.0. The summed E-state index contributed by atoms with van der Waals surface area (Å²) in [6.07, 6.45) is 0. The summed E-state index contributed by atoms with van der Waals surface area (Å²) in [5.41, 5.74) is 3.11. The van der Waals surface area contributed by atoms with Gasteiger partial charge in [0, 0.05) is 0 Å². The van der Waals surface area contributed by atoms with Crippen molar-refractivity contribution < 1.29 is 29.3 Å². The van der Waals surface area contributed by atoms with Gasteiger partial charge < -0.3 is 20.7 Å². The number of benzene rings is 1. The van der Waals surface area contributed by atoms with Crippen LogP contribution >= 0.6 is 0 Å². The Bertz CT molecular complexity index is 585. The summed E-state index contributed by atoms with van der Waals surface area (Å²) in [4.78, 5) is 34.1. The van der Waals surface area contributed by atoms with E-state index in [0.29, 0.717) is 0 Å². The van der Waals surface area contributed by atoms with Crippen molar-refractivity contribution in [1.29, 1.82) is 0 Å². The van der Waals surface area contributed by atoms with E-state index in [0.717, 1.165) is 12.1 Å². The van der Waals surface area contributed by atoms with Gasteiger partial charge in [0.1, 0.15) is 5.60 Å². The number of nitrogens with two attached hydrogens (primary N) is 1. The number of carboxylic acids is 2. The van der Waals surface area contributed by atoms with Crippen molar-refractivity contribution in [1.82, 2.24) is 0 Å². The number of hydrogen-bond donors (Lipinski definition) is 3. The first kappa shape index (κ1) is 15.5. The molecule has 0 spiro atoms. The second-order valence-electron chi connectivity index (χ2n) is 5.06. The summed E-state index contributed by atoms with van der Waals surface area (Å²) < 4.78 is 5.05. The Labute approximate surface area is 115 Å². The second kappa shape index (κ2) is 5.20. The van der Waals surface area contributed by atoms with E-state index in [2.05, 4.69) is 0 Å². The van der Waals surface area contributed by atoms with E-state index in [1.807, 2.05) is 0 Å². The smallest absolute Gasteiger partial charge is 0.341 e. The van der Waals surface area contributed by atoms with E-state index in [4.69, 9.17) is 20.7 Å². The van der Waals surface area contributed by atoms with Crippen LogP contribution in [-0.2, 0) is 4.74 Å². The van der Waals surface area contributed by atoms with Gasteiger partial charge >= 0.3 is 17.9 Å². The number of hydrogen-bond acceptors (Lipinski definition) is 5. The minimum absolute atomic E-state index is 0.351. The summed E-state index contributed by atoms with van der Waals surface area (Å²) in [7, 11) is 0. The van der Waals surface area contributed by atoms with Gasteiger partial charge in [-0.3, -0.25) is 0 Å². The third-order valence-corrected chi connectivity index (χ3v) is 2.31. The van der Waals surface area contributed by atoms with Gasteiger partial charge in [0.2, 0.25) is 0 Å². The van der Waals surface area contributed by atoms with Crippen LogP contribution in [0.5, 0.6) is 0 Å². The Kier molecular flexibility index (Phi) is 4.03. The highest BCUT2D eigenvalue weighted by atomic mass is 16.6. The maximum absolute atomic E-state index is 12.0. The largest absolute Gasteiger partial charge is 0.478 e. The van der Waals surface area contributed by atoms with Gasteiger partial charge in [-0.15, -0.1) is 0 Å². The predicted molar refractivity (Wildman–Crippen MR) is 69.9 cm³/mol. The lowest BCUT2D eigenvalue weighted by molar-refractivity contribution is 0.00671. The molecule has 1 aromatic carbocycles. The second-order valence-corrected chi connectivity index (χ2v) is 5.06. The number of carboxylic acid groups (broad SMARTS) is 2. The summed E-state index contributed by atoms with van der Waals surface area (Å²) >= 11 is 0. The highest BCUT2D eigenvalue weighted by Crippen LogP contribution is 2.25. The molecule has 0 unspecified atom stereocenters. The zero-order valence-electron chi connectivity index (χ0n) is 11.3. The van der Waals surface area contributed by atoms with E-state index in [9.17, 15) is 14.4 Å². The number of esters is 1. The minimum atomic E-state index is -1.39. The number of ether oxygens (including phenoxy) is 1. The Balaban J connectivity index is 3.48. The molecule has 0 fully saturated rings. The van der Waals surface area contributed by atoms with Gasteiger partial charge in [-0.1, -0.05) is 0 Å². The zero-order valence-corrected chi connectivity index (χ0v) is 11.3. The lowest BCUT2D eigenvalue weighted by atomic mass is 10.0. The maximum Gasteiger partial charge on any atom is 0.341 e. The molecule has 4 N–H and O–H groups in total. The molecule has 0 bridgehead atoms. The zero-order chi connectivity index (χ0) is 15.7. The molecular formula is C13H15NO6. The van der Waals surface area contributed by atoms with Crippen molar-refractivity contribution in [3.63, 3.8) is 0 Å². The van der Waals surface area contributed by atoms with Gasteiger partial charge in [0.05, 0.1) is 22.4 Å². The minimum Gasteiger partial charge on any atom is -0.478 e. The van der Waals surface area contributed by atoms with E-state index in [1.54, 1.807) is 20.8 Å². The molecule has 0 heterocycles. The molecule has 0 aromatic heterocycles. The molecule has 0 amide bonds. The first-order valence-electron chi connectivity index (χ1n) is 5.67. The fourth-order valence-corrected chi connectivity index (χ4v) is 1.53. The highest BCUT2D eigenvalue weighted by molar-refractivity contribution is 6.10. The van der Waals surface area contributed by atoms with Crippen molar-refractivity contribution in [3.8, 4) is 0 Å². The fourth-order valence-electron chi connectivity index (χ4n) is 1.53. The van der Waals surface area contributed by atoms with Gasteiger partial charge in [-0.25, -0.2) is 14.4 Å². The molecule has 0 aliphatic rings. The molecule has 0 atom stereocenters. The summed E-state index contributed by atoms with van der Waals surface area (Å²) in [6.45, 7) is 4.80. The van der Waals surface area contributed by atoms with E-state index < -0.39 is 40.3 Å². The summed E-state index contributed by atoms with van der Waals surface area (Å²) in [6, 6.07) is 2.05. The van der Waals surface area contributed by atoms with Crippen LogP contribution in [0.3, 0.4) is 0 Å². The quantitative estimate of drug-likeness (QED) is 0.567. The Morgan fingerprint density at radius 1 is 1.05 bits per heavy atom. The average molecular weight is 281 g/mol. The molecule has 7 nitrogen and oxygen atoms in total. The van der Waals surface area contributed by atoms with Crippen LogP contribution in [0.4, 0.5) is 5.69 Å². The standard InChI is InChI=1S/C13H15NO6/c1-13(2,3)20-12(19)8-6(10(15)16)4-5-7(9(8)14)11(17)18/h4-5H,14H2,1-3H3,(H,15,16)(H,17,18). The van der Waals surface area contributed by atoms with Crippen LogP contribution < -0.4 is 5.73 Å². The molecule has 1 aromatic rings. The average Bonchev–Trinajstić information content (AvgIpc) is 2.24. The third-order valence-electron chi connectivity index (χ3n) is 2.31. The van der Waals surface area contributed by atoms with E-state index in [-0.39, 0.29) is 5.56 Å². The Morgan fingerprint density at radius 2 is 1.50 bits per heavy atom. The molecule has 0 aliphatic heterocycles. The van der Waals surface area contributed by atoms with Crippen molar-refractivity contribution in [2.45, 2.75) is 26.4 Å². The SMILES string of the molecule is CC(C)(C)OC(=O)c1c(C(=O)O)ccc(C(=O)O)c1N. The van der Waals surface area contributed by atoms with Gasteiger partial charge in [-0.2, -0.15) is 0 Å². The number of carbonyl (C=O) groups excluding carboxylic acids is 1. The molecule has 1 rings (SSSR count). The van der Waals surface area contributed by atoms with Gasteiger partial charge in [0.15, 0.2) is 0 Å². The molecular weight excluding hydrogens is 266 g/mol. The molecule has 7 heteroatoms. The normalized spacial score (nSPS) is 10.9. The van der Waals surface area contributed by atoms with Crippen LogP contribution in [0.1, 0.15) is 51.8 Å². The summed E-state index contributed by atoms with van der Waals surface area (Å²) in [5.74, 6) is -3.73. The van der Waals surface area contributed by atoms with Crippen LogP contribution in [-0.4, -0.2) is 33.7 Å². The molecule has 108 valence electrons. The Hall–Kier alpha value is -2.57. The van der Waals surface area contributed by atoms with Crippen LogP contribution in [0.15, 0.2) is 12.1 Å². The Morgan fingerprint density at radius 3 is 1.90 bits per heavy atom. The van der Waals surface area contributed by atoms with Crippen LogP contribution in [0.2, 0.25) is 0 Å². The monoisotopic (exact) mass is 281 g/mol.